The van der Waals surface area contributed by atoms with Crippen LogP contribution in [0.3, 0.4) is 0 Å². The number of aliphatic hydroxyl groups excluding tert-OH is 1. The van der Waals surface area contributed by atoms with E-state index in [1.807, 2.05) is 30.3 Å². The highest BCUT2D eigenvalue weighted by Crippen LogP contribution is 2.23. The maximum atomic E-state index is 13.6. The standard InChI is InChI=1S/C31H50N6O6/c1-21(27(32)39)33-30(42)25(19-22-13-7-5-8-14-22)35-29(41)24(17-11-12-18-37(2,3)4)34-31(43)26(20-38)36-28(40)23-15-9-6-10-16-23/h5,7-8,13-14,21,23-26,38H,6,9-12,15-20H2,1-4H3,(H5-,32,33,34,35,36,39,40,41,42,43)/p+1/t21-,24-,25-,26-/m0/s1. The molecule has 1 aliphatic rings. The van der Waals surface area contributed by atoms with Gasteiger partial charge in [0, 0.05) is 12.3 Å². The molecule has 0 aromatic heterocycles. The Morgan fingerprint density at radius 1 is 0.837 bits per heavy atom. The van der Waals surface area contributed by atoms with E-state index in [4.69, 9.17) is 5.73 Å². The van der Waals surface area contributed by atoms with Crippen molar-refractivity contribution < 1.29 is 33.6 Å². The number of unbranched alkanes of at least 4 members (excludes halogenated alkanes) is 1. The maximum absolute atomic E-state index is 13.6. The molecule has 0 heterocycles. The first-order chi connectivity index (χ1) is 20.3. The summed E-state index contributed by atoms with van der Waals surface area (Å²) in [7, 11) is 6.19. The number of hydrogen-bond acceptors (Lipinski definition) is 6. The van der Waals surface area contributed by atoms with Crippen LogP contribution in [0.1, 0.15) is 63.9 Å². The zero-order valence-corrected chi connectivity index (χ0v) is 26.1. The molecule has 12 heteroatoms. The Kier molecular flexibility index (Phi) is 14.6. The van der Waals surface area contributed by atoms with Crippen molar-refractivity contribution in [3.8, 4) is 0 Å². The average molecular weight is 604 g/mol. The van der Waals surface area contributed by atoms with Crippen LogP contribution in [0.2, 0.25) is 0 Å². The van der Waals surface area contributed by atoms with Gasteiger partial charge in [0.2, 0.25) is 29.5 Å². The fourth-order valence-electron chi connectivity index (χ4n) is 5.04. The lowest BCUT2D eigenvalue weighted by atomic mass is 9.88. The van der Waals surface area contributed by atoms with Crippen molar-refractivity contribution in [2.24, 2.45) is 11.7 Å². The molecule has 0 saturated heterocycles. The molecule has 0 aliphatic heterocycles. The predicted molar refractivity (Wildman–Crippen MR) is 163 cm³/mol. The maximum Gasteiger partial charge on any atom is 0.245 e. The summed E-state index contributed by atoms with van der Waals surface area (Å²) >= 11 is 0. The van der Waals surface area contributed by atoms with Gasteiger partial charge in [-0.25, -0.2) is 0 Å². The normalized spacial score (nSPS) is 16.7. The molecule has 0 spiro atoms. The van der Waals surface area contributed by atoms with Crippen molar-refractivity contribution in [1.82, 2.24) is 21.3 Å². The van der Waals surface area contributed by atoms with Crippen molar-refractivity contribution >= 4 is 29.5 Å². The largest absolute Gasteiger partial charge is 0.394 e. The number of carbonyl (C=O) groups excluding carboxylic acids is 5. The van der Waals surface area contributed by atoms with Crippen molar-refractivity contribution in [3.05, 3.63) is 35.9 Å². The third-order valence-corrected chi connectivity index (χ3v) is 7.70. The Morgan fingerprint density at radius 2 is 1.42 bits per heavy atom. The molecule has 240 valence electrons. The smallest absolute Gasteiger partial charge is 0.245 e. The molecule has 0 radical (unpaired) electrons. The Bertz CT molecular complexity index is 1070. The summed E-state index contributed by atoms with van der Waals surface area (Å²) in [5.74, 6) is -3.05. The van der Waals surface area contributed by atoms with Crippen molar-refractivity contribution in [1.29, 1.82) is 0 Å². The molecule has 12 nitrogen and oxygen atoms in total. The number of nitrogens with one attached hydrogen (secondary N) is 4. The van der Waals surface area contributed by atoms with E-state index in [2.05, 4.69) is 42.4 Å². The number of benzene rings is 1. The molecule has 0 unspecified atom stereocenters. The van der Waals surface area contributed by atoms with Gasteiger partial charge in [-0.05, 0) is 44.6 Å². The number of hydrogen-bond donors (Lipinski definition) is 6. The van der Waals surface area contributed by atoms with Crippen LogP contribution in [-0.4, -0.2) is 97.6 Å². The van der Waals surface area contributed by atoms with Gasteiger partial charge in [0.05, 0.1) is 34.3 Å². The van der Waals surface area contributed by atoms with Crippen LogP contribution in [0.15, 0.2) is 30.3 Å². The van der Waals surface area contributed by atoms with Gasteiger partial charge in [0.1, 0.15) is 24.2 Å². The molecule has 1 fully saturated rings. The Morgan fingerprint density at radius 3 is 2.00 bits per heavy atom. The van der Waals surface area contributed by atoms with E-state index in [-0.39, 0.29) is 24.7 Å². The molecule has 0 bridgehead atoms. The van der Waals surface area contributed by atoms with E-state index in [9.17, 15) is 29.1 Å². The minimum atomic E-state index is -1.21. The number of rotatable bonds is 17. The van der Waals surface area contributed by atoms with Gasteiger partial charge in [0.15, 0.2) is 0 Å². The molecule has 4 atom stereocenters. The third kappa shape index (κ3) is 13.1. The molecule has 1 aromatic carbocycles. The molecule has 2 rings (SSSR count). The summed E-state index contributed by atoms with van der Waals surface area (Å²) in [5.41, 5.74) is 6.10. The first-order valence-corrected chi connectivity index (χ1v) is 15.3. The van der Waals surface area contributed by atoms with Crippen LogP contribution in [-0.2, 0) is 30.4 Å². The number of amides is 5. The SMILES string of the molecule is C[C@H](NC(=O)[C@H](Cc1ccccc1)NC(=O)[C@H](CCCC[N+](C)(C)C)NC(=O)[C@H](CO)NC(=O)C1CCCCC1)C(N)=O. The minimum absolute atomic E-state index is 0.142. The summed E-state index contributed by atoms with van der Waals surface area (Å²) in [4.78, 5) is 64.3. The zero-order chi connectivity index (χ0) is 32.0. The van der Waals surface area contributed by atoms with Gasteiger partial charge in [-0.2, -0.15) is 0 Å². The highest BCUT2D eigenvalue weighted by molar-refractivity contribution is 5.95. The fraction of sp³-hybridized carbons (Fsp3) is 0.645. The molecule has 1 saturated carbocycles. The Hall–Kier alpha value is -3.51. The molecule has 5 amide bonds. The quantitative estimate of drug-likeness (QED) is 0.109. The van der Waals surface area contributed by atoms with Gasteiger partial charge in [-0.15, -0.1) is 0 Å². The second-order valence-corrected chi connectivity index (χ2v) is 12.5. The van der Waals surface area contributed by atoms with Gasteiger partial charge >= 0.3 is 0 Å². The predicted octanol–water partition coefficient (Wildman–Crippen LogP) is 0.123. The lowest BCUT2D eigenvalue weighted by molar-refractivity contribution is -0.870. The number of aliphatic hydroxyl groups is 1. The summed E-state index contributed by atoms with van der Waals surface area (Å²) in [6.07, 6.45) is 6.26. The van der Waals surface area contributed by atoms with Crippen LogP contribution >= 0.6 is 0 Å². The summed E-state index contributed by atoms with van der Waals surface area (Å²) in [5, 5.41) is 20.6. The molecular formula is C31H51N6O6+. The summed E-state index contributed by atoms with van der Waals surface area (Å²) in [6.45, 7) is 1.68. The topological polar surface area (TPSA) is 180 Å². The highest BCUT2D eigenvalue weighted by Gasteiger charge is 2.31. The zero-order valence-electron chi connectivity index (χ0n) is 26.1. The number of nitrogens with two attached hydrogens (primary N) is 1. The Balaban J connectivity index is 2.19. The van der Waals surface area contributed by atoms with Gasteiger partial charge in [-0.3, -0.25) is 24.0 Å². The van der Waals surface area contributed by atoms with E-state index in [0.717, 1.165) is 55.1 Å². The highest BCUT2D eigenvalue weighted by atomic mass is 16.3. The third-order valence-electron chi connectivity index (χ3n) is 7.70. The molecular weight excluding hydrogens is 552 g/mol. The fourth-order valence-corrected chi connectivity index (χ4v) is 5.04. The van der Waals surface area contributed by atoms with Crippen molar-refractivity contribution in [2.75, 3.05) is 34.3 Å². The summed E-state index contributed by atoms with van der Waals surface area (Å²) < 4.78 is 0.736. The number of carbonyl (C=O) groups is 5. The van der Waals surface area contributed by atoms with Gasteiger partial charge in [0.25, 0.3) is 0 Å². The van der Waals surface area contributed by atoms with Crippen LogP contribution in [0, 0.1) is 5.92 Å². The minimum Gasteiger partial charge on any atom is -0.394 e. The van der Waals surface area contributed by atoms with Crippen molar-refractivity contribution in [3.63, 3.8) is 0 Å². The van der Waals surface area contributed by atoms with Crippen LogP contribution in [0.4, 0.5) is 0 Å². The Labute approximate surface area is 255 Å². The second kappa shape index (κ2) is 17.6. The number of quaternary nitrogens is 1. The van der Waals surface area contributed by atoms with Crippen LogP contribution in [0.25, 0.3) is 0 Å². The first-order valence-electron chi connectivity index (χ1n) is 15.3. The van der Waals surface area contributed by atoms with Crippen LogP contribution in [0.5, 0.6) is 0 Å². The number of primary amides is 1. The van der Waals surface area contributed by atoms with Gasteiger partial charge < -0.3 is 36.6 Å². The number of nitrogens with zero attached hydrogens (tertiary/aromatic N) is 1. The van der Waals surface area contributed by atoms with E-state index >= 15 is 0 Å². The lowest BCUT2D eigenvalue weighted by Crippen LogP contribution is -2.59. The molecule has 43 heavy (non-hydrogen) atoms. The van der Waals surface area contributed by atoms with Crippen LogP contribution < -0.4 is 27.0 Å². The second-order valence-electron chi connectivity index (χ2n) is 12.5. The molecule has 7 N–H and O–H groups in total. The first kappa shape index (κ1) is 35.7. The van der Waals surface area contributed by atoms with Crippen molar-refractivity contribution in [2.45, 2.75) is 88.9 Å². The van der Waals surface area contributed by atoms with E-state index < -0.39 is 54.4 Å². The average Bonchev–Trinajstić information content (AvgIpc) is 2.97. The summed E-state index contributed by atoms with van der Waals surface area (Å²) in [6, 6.07) is 4.84. The van der Waals surface area contributed by atoms with Gasteiger partial charge in [-0.1, -0.05) is 49.6 Å². The molecule has 1 aromatic rings. The lowest BCUT2D eigenvalue weighted by Gasteiger charge is -2.27. The van der Waals surface area contributed by atoms with E-state index in [1.54, 1.807) is 0 Å². The van der Waals surface area contributed by atoms with E-state index in [0.29, 0.717) is 6.42 Å². The molecule has 1 aliphatic carbocycles. The monoisotopic (exact) mass is 603 g/mol. The van der Waals surface area contributed by atoms with E-state index in [1.165, 1.54) is 6.92 Å².